The molecule has 1 aromatic carbocycles. The van der Waals surface area contributed by atoms with Gasteiger partial charge in [-0.1, -0.05) is 18.2 Å². The maximum absolute atomic E-state index is 16.1. The van der Waals surface area contributed by atoms with Gasteiger partial charge in [0.05, 0.1) is 19.0 Å². The molecule has 3 heterocycles. The number of para-hydroxylation sites is 1. The van der Waals surface area contributed by atoms with E-state index in [1.807, 2.05) is 0 Å². The number of nitrogens with zero attached hydrogens (tertiary/aromatic N) is 4. The van der Waals surface area contributed by atoms with Gasteiger partial charge in [-0.3, -0.25) is 9.36 Å². The number of hydrogen-bond donors (Lipinski definition) is 4. The minimum Gasteiger partial charge on any atom is -0.476 e. The molecule has 1 aliphatic rings. The molecule has 0 aliphatic carbocycles. The van der Waals surface area contributed by atoms with Crippen LogP contribution in [0.15, 0.2) is 36.7 Å². The highest BCUT2D eigenvalue weighted by Crippen LogP contribution is 2.48. The van der Waals surface area contributed by atoms with Crippen molar-refractivity contribution in [3.05, 3.63) is 36.7 Å². The molecule has 41 heavy (non-hydrogen) atoms. The summed E-state index contributed by atoms with van der Waals surface area (Å²) in [7, 11) is 0. The summed E-state index contributed by atoms with van der Waals surface area (Å²) in [5.74, 6) is -3.36. The van der Waals surface area contributed by atoms with Crippen molar-refractivity contribution in [1.29, 1.82) is 0 Å². The maximum atomic E-state index is 16.1. The second kappa shape index (κ2) is 12.5. The predicted molar refractivity (Wildman–Crippen MR) is 148 cm³/mol. The summed E-state index contributed by atoms with van der Waals surface area (Å²) >= 11 is 5.59. The third-order valence-corrected chi connectivity index (χ3v) is 8.27. The van der Waals surface area contributed by atoms with Crippen LogP contribution >= 0.6 is 6.64 Å². The third-order valence-electron chi connectivity index (χ3n) is 5.79. The predicted octanol–water partition coefficient (Wildman–Crippen LogP) is 1.97. The first-order valence-electron chi connectivity index (χ1n) is 12.7. The number of ether oxygens (including phenoxy) is 3. The van der Waals surface area contributed by atoms with Gasteiger partial charge >= 0.3 is 12.6 Å². The number of hydrogen-bond acceptors (Lipinski definition) is 13. The number of aliphatic hydroxyl groups is 2. The molecule has 0 amide bonds. The zero-order valence-corrected chi connectivity index (χ0v) is 24.4. The van der Waals surface area contributed by atoms with Crippen molar-refractivity contribution in [3.8, 4) is 11.6 Å². The van der Waals surface area contributed by atoms with E-state index in [1.165, 1.54) is 17.8 Å². The molecule has 224 valence electrons. The molecule has 5 N–H and O–H groups in total. The summed E-state index contributed by atoms with van der Waals surface area (Å²) in [5, 5.41) is 24.3. The molecule has 0 bridgehead atoms. The molecule has 0 unspecified atom stereocenters. The summed E-state index contributed by atoms with van der Waals surface area (Å²) in [5.41, 5.74) is 6.07. The Morgan fingerprint density at radius 3 is 2.66 bits per heavy atom. The van der Waals surface area contributed by atoms with Gasteiger partial charge in [0.25, 0.3) is 5.85 Å². The topological polar surface area (TPSA) is 185 Å². The number of alkyl halides is 1. The van der Waals surface area contributed by atoms with Crippen molar-refractivity contribution in [3.63, 3.8) is 0 Å². The molecule has 1 aliphatic heterocycles. The fourth-order valence-corrected chi connectivity index (χ4v) is 6.33. The summed E-state index contributed by atoms with van der Waals surface area (Å²) in [6.07, 6.45) is -4.53. The van der Waals surface area contributed by atoms with Crippen molar-refractivity contribution >= 4 is 41.5 Å². The van der Waals surface area contributed by atoms with E-state index in [9.17, 15) is 15.0 Å². The van der Waals surface area contributed by atoms with Crippen LogP contribution in [0.2, 0.25) is 0 Å². The molecule has 14 nitrogen and oxygen atoms in total. The lowest BCUT2D eigenvalue weighted by molar-refractivity contribution is -0.202. The van der Waals surface area contributed by atoms with E-state index in [4.69, 9.17) is 40.8 Å². The monoisotopic (exact) mass is 614 g/mol. The first kappa shape index (κ1) is 31.0. The van der Waals surface area contributed by atoms with E-state index >= 15 is 4.39 Å². The van der Waals surface area contributed by atoms with Crippen LogP contribution in [-0.4, -0.2) is 79.1 Å². The zero-order valence-electron chi connectivity index (χ0n) is 22.7. The average molecular weight is 615 g/mol. The van der Waals surface area contributed by atoms with Gasteiger partial charge in [0, 0.05) is 0 Å². The Bertz CT molecular complexity index is 1420. The van der Waals surface area contributed by atoms with Crippen LogP contribution in [0.25, 0.3) is 11.2 Å². The van der Waals surface area contributed by atoms with Crippen LogP contribution in [-0.2, 0) is 30.6 Å². The molecular weight excluding hydrogens is 582 g/mol. The molecule has 0 radical (unpaired) electrons. The lowest BCUT2D eigenvalue weighted by atomic mass is 10.1. The number of rotatable bonds is 12. The minimum absolute atomic E-state index is 0.0825. The average Bonchev–Trinajstić information content (AvgIpc) is 3.42. The number of carbonyl (C=O) groups is 1. The van der Waals surface area contributed by atoms with Gasteiger partial charge < -0.3 is 39.2 Å². The number of aliphatic hydroxyl groups excluding tert-OH is 2. The maximum Gasteiger partial charge on any atom is 0.323 e. The normalized spacial score (nSPS) is 24.7. The molecule has 17 heteroatoms. The summed E-state index contributed by atoms with van der Waals surface area (Å²) < 4.78 is 45.1. The second-order valence-electron chi connectivity index (χ2n) is 9.39. The number of imidazole rings is 1. The van der Waals surface area contributed by atoms with Crippen LogP contribution in [0.4, 0.5) is 10.3 Å². The van der Waals surface area contributed by atoms with Gasteiger partial charge in [0.15, 0.2) is 17.4 Å². The Morgan fingerprint density at radius 1 is 1.29 bits per heavy atom. The van der Waals surface area contributed by atoms with Gasteiger partial charge in [-0.05, 0) is 51.6 Å². The number of esters is 1. The highest BCUT2D eigenvalue weighted by molar-refractivity contribution is 8.09. The Hall–Kier alpha value is -2.98. The van der Waals surface area contributed by atoms with Crippen molar-refractivity contribution in [2.75, 3.05) is 18.9 Å². The lowest BCUT2D eigenvalue weighted by Crippen LogP contribution is -2.44. The van der Waals surface area contributed by atoms with Crippen molar-refractivity contribution < 1.29 is 42.7 Å². The Kier molecular flexibility index (Phi) is 9.43. The Balaban J connectivity index is 1.57. The van der Waals surface area contributed by atoms with Gasteiger partial charge in [0.2, 0.25) is 11.8 Å². The summed E-state index contributed by atoms with van der Waals surface area (Å²) in [6.45, 7) is 2.22. The fraction of sp³-hybridized carbons (Fsp3) is 0.500. The second-order valence-corrected chi connectivity index (χ2v) is 12.5. The van der Waals surface area contributed by atoms with E-state index in [2.05, 4.69) is 20.0 Å². The van der Waals surface area contributed by atoms with Crippen molar-refractivity contribution in [1.82, 2.24) is 24.6 Å². The summed E-state index contributed by atoms with van der Waals surface area (Å²) in [6, 6.07) is 7.35. The fourth-order valence-electron chi connectivity index (χ4n) is 3.93. The van der Waals surface area contributed by atoms with Gasteiger partial charge in [-0.15, -0.1) is 0 Å². The third kappa shape index (κ3) is 6.92. The first-order chi connectivity index (χ1) is 19.4. The highest BCUT2D eigenvalue weighted by Gasteiger charge is 2.57. The largest absolute Gasteiger partial charge is 0.476 e. The Labute approximate surface area is 240 Å². The standard InChI is InChI=1S/C24H32FN6O8PS/c1-5-35-20-16-19(28-23(26)29-20)31(12-27-16)21-17(32)18(33)24(25,38-21)11-36-40(41,39-15-9-7-6-8-10-15)30-14(4)22(34)37-13(2)3/h6-10,12-14,17-18,21,32-33H,5,11H2,1-4H3,(H,30,41)(H2,26,28,29)/t14-,17-,18+,21-,24-,40+/m1/s1. The first-order valence-corrected chi connectivity index (χ1v) is 15.3. The van der Waals surface area contributed by atoms with Crippen LogP contribution < -0.4 is 20.1 Å². The van der Waals surface area contributed by atoms with E-state index in [1.54, 1.807) is 51.1 Å². The molecule has 2 aromatic heterocycles. The number of carbonyl (C=O) groups excluding carboxylic acids is 1. The minimum atomic E-state index is -3.68. The number of anilines is 1. The van der Waals surface area contributed by atoms with Crippen LogP contribution in [0.5, 0.6) is 11.6 Å². The molecule has 4 rings (SSSR count). The highest BCUT2D eigenvalue weighted by atomic mass is 32.5. The quantitative estimate of drug-likeness (QED) is 0.171. The lowest BCUT2D eigenvalue weighted by Gasteiger charge is -2.30. The smallest absolute Gasteiger partial charge is 0.323 e. The SMILES string of the molecule is CCOc1nc(N)nc2c1ncn2[C@@H]1O[C@](F)(CO[P@@](=S)(N[C@H](C)C(=O)OC(C)C)Oc2ccccc2)[C@@H](O)[C@H]1O. The number of nitrogens with two attached hydrogens (primary N) is 1. The molecule has 6 atom stereocenters. The molecule has 3 aromatic rings. The van der Waals surface area contributed by atoms with Crippen LogP contribution in [0, 0.1) is 0 Å². The van der Waals surface area contributed by atoms with E-state index in [0.717, 1.165) is 0 Å². The zero-order chi connectivity index (χ0) is 29.9. The molecule has 1 fully saturated rings. The Morgan fingerprint density at radius 2 is 2.00 bits per heavy atom. The van der Waals surface area contributed by atoms with E-state index in [-0.39, 0.29) is 35.7 Å². The number of benzene rings is 1. The number of aromatic nitrogens is 4. The van der Waals surface area contributed by atoms with Crippen LogP contribution in [0.1, 0.15) is 33.9 Å². The van der Waals surface area contributed by atoms with Crippen molar-refractivity contribution in [2.24, 2.45) is 0 Å². The van der Waals surface area contributed by atoms with Gasteiger partial charge in [-0.25, -0.2) is 14.5 Å². The molecule has 0 spiro atoms. The number of nitrogen functional groups attached to an aromatic ring is 1. The number of halogens is 1. The van der Waals surface area contributed by atoms with Crippen molar-refractivity contribution in [2.45, 2.75) is 64.1 Å². The molecule has 1 saturated heterocycles. The van der Waals surface area contributed by atoms with E-state index < -0.39 is 49.6 Å². The van der Waals surface area contributed by atoms with Gasteiger partial charge in [-0.2, -0.15) is 9.97 Å². The summed E-state index contributed by atoms with van der Waals surface area (Å²) in [4.78, 5) is 24.7. The molecule has 0 saturated carbocycles. The van der Waals surface area contributed by atoms with E-state index in [0.29, 0.717) is 5.75 Å². The van der Waals surface area contributed by atoms with Crippen LogP contribution in [0.3, 0.4) is 0 Å². The number of fused-ring (bicyclic) bond motifs is 1. The number of nitrogens with one attached hydrogen (secondary N) is 1. The van der Waals surface area contributed by atoms with Gasteiger partial charge in [0.1, 0.15) is 30.6 Å². The molecular formula is C24H32FN6O8PS.